The lowest BCUT2D eigenvalue weighted by Crippen LogP contribution is -2.48. The molecule has 0 aliphatic heterocycles. The molecule has 0 aliphatic rings. The molecule has 0 radical (unpaired) electrons. The maximum Gasteiger partial charge on any atom is 0.530 e. The van der Waals surface area contributed by atoms with Crippen molar-refractivity contribution in [3.63, 3.8) is 0 Å². The van der Waals surface area contributed by atoms with E-state index in [1.54, 1.807) is 24.3 Å². The maximum absolute atomic E-state index is 14.2. The molecule has 12 nitrogen and oxygen atoms in total. The Morgan fingerprint density at radius 1 is 0.689 bits per heavy atom. The van der Waals surface area contributed by atoms with E-state index in [1.807, 2.05) is 115 Å². The summed E-state index contributed by atoms with van der Waals surface area (Å²) in [5.41, 5.74) is 5.25. The molecule has 2 aromatic heterocycles. The van der Waals surface area contributed by atoms with E-state index in [9.17, 15) is 14.2 Å². The van der Waals surface area contributed by atoms with Gasteiger partial charge in [-0.15, -0.1) is 0 Å². The molecule has 2 heterocycles. The third kappa shape index (κ3) is 10.7. The molecule has 0 fully saturated rings. The van der Waals surface area contributed by atoms with E-state index < -0.39 is 25.8 Å². The van der Waals surface area contributed by atoms with Gasteiger partial charge in [0.05, 0.1) is 13.2 Å². The van der Waals surface area contributed by atoms with Gasteiger partial charge in [0.1, 0.15) is 17.8 Å². The van der Waals surface area contributed by atoms with Crippen LogP contribution in [0.25, 0.3) is 21.7 Å². The average Bonchev–Trinajstić information content (AvgIpc) is 3.93. The molecule has 61 heavy (non-hydrogen) atoms. The van der Waals surface area contributed by atoms with Crippen LogP contribution in [0.2, 0.25) is 0 Å². The summed E-state index contributed by atoms with van der Waals surface area (Å²) in [6.45, 7) is 1.38. The smallest absolute Gasteiger partial charge is 0.404 e. The molecule has 0 aliphatic carbocycles. The minimum atomic E-state index is -4.11. The third-order valence-corrected chi connectivity index (χ3v) is 11.5. The first-order chi connectivity index (χ1) is 29.8. The van der Waals surface area contributed by atoms with E-state index in [-0.39, 0.29) is 37.2 Å². The number of aromatic amines is 1. The highest BCUT2D eigenvalue weighted by Crippen LogP contribution is 2.51. The Kier molecular flexibility index (Phi) is 12.8. The van der Waals surface area contributed by atoms with Crippen molar-refractivity contribution < 1.29 is 32.2 Å². The highest BCUT2D eigenvalue weighted by Gasteiger charge is 2.31. The van der Waals surface area contributed by atoms with E-state index in [1.165, 1.54) is 6.92 Å². The number of rotatable bonds is 18. The number of nitrogens with one attached hydrogen (secondary N) is 3. The summed E-state index contributed by atoms with van der Waals surface area (Å²) in [6.07, 6.45) is 2.81. The van der Waals surface area contributed by atoms with Crippen molar-refractivity contribution in [3.05, 3.63) is 197 Å². The second-order valence-corrected chi connectivity index (χ2v) is 16.2. The van der Waals surface area contributed by atoms with Crippen molar-refractivity contribution in [2.45, 2.75) is 51.5 Å². The highest BCUT2D eigenvalue weighted by molar-refractivity contribution is 7.48. The Balaban J connectivity index is 0.995. The average molecular weight is 834 g/mol. The molecule has 13 heteroatoms. The van der Waals surface area contributed by atoms with Gasteiger partial charge in [-0.1, -0.05) is 139 Å². The van der Waals surface area contributed by atoms with Crippen molar-refractivity contribution >= 4 is 41.3 Å². The highest BCUT2D eigenvalue weighted by atomic mass is 31.2. The van der Waals surface area contributed by atoms with Gasteiger partial charge in [0.15, 0.2) is 5.82 Å². The van der Waals surface area contributed by atoms with Gasteiger partial charge in [-0.25, -0.2) is 4.57 Å². The van der Waals surface area contributed by atoms with Crippen LogP contribution < -0.4 is 15.2 Å². The number of carbonyl (C=O) groups is 2. The number of amides is 2. The van der Waals surface area contributed by atoms with Gasteiger partial charge in [-0.2, -0.15) is 4.98 Å². The Morgan fingerprint density at radius 2 is 1.33 bits per heavy atom. The first-order valence-corrected chi connectivity index (χ1v) is 21.4. The van der Waals surface area contributed by atoms with E-state index in [0.717, 1.165) is 43.9 Å². The van der Waals surface area contributed by atoms with Gasteiger partial charge in [0, 0.05) is 43.3 Å². The second kappa shape index (κ2) is 19.0. The van der Waals surface area contributed by atoms with E-state index in [0.29, 0.717) is 24.2 Å². The predicted octanol–water partition coefficient (Wildman–Crippen LogP) is 9.36. The van der Waals surface area contributed by atoms with Gasteiger partial charge >= 0.3 is 7.82 Å². The molecule has 2 amide bonds. The lowest BCUT2D eigenvalue weighted by atomic mass is 10.0. The molecule has 308 valence electrons. The summed E-state index contributed by atoms with van der Waals surface area (Å²) in [7, 11) is -4.11. The lowest BCUT2D eigenvalue weighted by Gasteiger charge is -2.22. The molecule has 3 N–H and O–H groups in total. The number of hydrogen-bond donors (Lipinski definition) is 3. The Bertz CT molecular complexity index is 2720. The number of para-hydroxylation sites is 1. The number of nitrogens with zero attached hydrogens (tertiary/aromatic N) is 2. The van der Waals surface area contributed by atoms with Crippen LogP contribution in [0.1, 0.15) is 52.5 Å². The summed E-state index contributed by atoms with van der Waals surface area (Å²) in [4.78, 5) is 34.8. The van der Waals surface area contributed by atoms with Crippen LogP contribution in [-0.4, -0.2) is 33.0 Å². The molecule has 0 saturated heterocycles. The quantitative estimate of drug-likeness (QED) is 0.0717. The number of carbonyl (C=O) groups excluding carboxylic acids is 2. The minimum Gasteiger partial charge on any atom is -0.404 e. The first kappa shape index (κ1) is 40.9. The van der Waals surface area contributed by atoms with Crippen molar-refractivity contribution in [1.82, 2.24) is 25.8 Å². The van der Waals surface area contributed by atoms with Gasteiger partial charge < -0.3 is 24.7 Å². The van der Waals surface area contributed by atoms with Crippen LogP contribution in [0.4, 0.5) is 0 Å². The summed E-state index contributed by atoms with van der Waals surface area (Å²) < 4.78 is 37.3. The molecule has 0 saturated carbocycles. The molecule has 6 aromatic carbocycles. The summed E-state index contributed by atoms with van der Waals surface area (Å²) in [5, 5.41) is 13.4. The fraction of sp³-hybridized carbons (Fsp3) is 0.167. The Labute approximate surface area is 352 Å². The number of aromatic nitrogens is 3. The number of H-pyrrole nitrogens is 1. The molecular weight excluding hydrogens is 790 g/mol. The standard InChI is InChI=1S/C48H44N5O7P/c1-33(54)50-44(27-34-23-25-40(26-24-34)60-61(56,57-31-35-13-4-2-5-14-35)58-32-36-15-6-3-7-16-36)47(55)51-45(28-39-30-49-43-22-11-10-21-42(39)43)48-52-46(53-59-48)29-38-19-12-18-37-17-8-9-20-41(37)38/h2-26,30,44-45,49H,27-29,31-32H2,1H3,(H,50,54)(H,51,55)/t44-,45-/m0/s1. The monoisotopic (exact) mass is 833 g/mol. The topological polar surface area (TPSA) is 158 Å². The number of hydrogen-bond acceptors (Lipinski definition) is 9. The number of phosphoric ester groups is 1. The minimum absolute atomic E-state index is 0.00884. The van der Waals surface area contributed by atoms with Crippen molar-refractivity contribution in [2.24, 2.45) is 0 Å². The molecule has 8 rings (SSSR count). The molecule has 2 atom stereocenters. The molecular formula is C48H44N5O7P. The second-order valence-electron chi connectivity index (χ2n) is 14.6. The van der Waals surface area contributed by atoms with Crippen LogP contribution in [-0.2, 0) is 55.7 Å². The molecule has 0 spiro atoms. The molecule has 0 unspecified atom stereocenters. The number of phosphoric acid groups is 1. The summed E-state index contributed by atoms with van der Waals surface area (Å²) >= 11 is 0. The summed E-state index contributed by atoms with van der Waals surface area (Å²) in [5.74, 6) is 0.136. The molecule has 0 bridgehead atoms. The van der Waals surface area contributed by atoms with E-state index in [2.05, 4.69) is 39.0 Å². The summed E-state index contributed by atoms with van der Waals surface area (Å²) in [6, 6.07) is 45.8. The fourth-order valence-corrected chi connectivity index (χ4v) is 8.32. The third-order valence-electron chi connectivity index (χ3n) is 10.2. The SMILES string of the molecule is CC(=O)N[C@@H](Cc1ccc(OP(=O)(OCc2ccccc2)OCc2ccccc2)cc1)C(=O)N[C@@H](Cc1c[nH]c2ccccc12)c1nc(Cc2cccc3ccccc23)no1. The Morgan fingerprint density at radius 3 is 2.03 bits per heavy atom. The molecule has 8 aromatic rings. The van der Waals surface area contributed by atoms with Crippen molar-refractivity contribution in [2.75, 3.05) is 0 Å². The largest absolute Gasteiger partial charge is 0.530 e. The lowest BCUT2D eigenvalue weighted by molar-refractivity contribution is -0.128. The Hall–Kier alpha value is -6.85. The van der Waals surface area contributed by atoms with Crippen LogP contribution in [0, 0.1) is 0 Å². The van der Waals surface area contributed by atoms with Crippen molar-refractivity contribution in [3.8, 4) is 5.75 Å². The van der Waals surface area contributed by atoms with Crippen LogP contribution in [0.15, 0.2) is 162 Å². The van der Waals surface area contributed by atoms with Gasteiger partial charge in [0.25, 0.3) is 0 Å². The van der Waals surface area contributed by atoms with Crippen LogP contribution in [0.3, 0.4) is 0 Å². The normalized spacial score (nSPS) is 12.5. The zero-order valence-electron chi connectivity index (χ0n) is 33.4. The van der Waals surface area contributed by atoms with Crippen LogP contribution in [0.5, 0.6) is 5.75 Å². The van der Waals surface area contributed by atoms with Gasteiger partial charge in [0.2, 0.25) is 17.7 Å². The predicted molar refractivity (Wildman–Crippen MR) is 232 cm³/mol. The zero-order chi connectivity index (χ0) is 42.0. The maximum atomic E-state index is 14.2. The van der Waals surface area contributed by atoms with Gasteiger partial charge in [-0.05, 0) is 56.8 Å². The first-order valence-electron chi connectivity index (χ1n) is 19.9. The van der Waals surface area contributed by atoms with Crippen molar-refractivity contribution in [1.29, 1.82) is 0 Å². The number of fused-ring (bicyclic) bond motifs is 2. The van der Waals surface area contributed by atoms with E-state index >= 15 is 0 Å². The number of benzene rings is 6. The van der Waals surface area contributed by atoms with Crippen LogP contribution >= 0.6 is 7.82 Å². The zero-order valence-corrected chi connectivity index (χ0v) is 34.3. The van der Waals surface area contributed by atoms with E-state index in [4.69, 9.17) is 23.1 Å². The van der Waals surface area contributed by atoms with Gasteiger partial charge in [-0.3, -0.25) is 18.6 Å². The fourth-order valence-electron chi connectivity index (χ4n) is 7.14.